The molecule has 0 saturated carbocycles. The van der Waals surface area contributed by atoms with E-state index in [1.54, 1.807) is 18.1 Å². The first kappa shape index (κ1) is 14.7. The van der Waals surface area contributed by atoms with Crippen LogP contribution in [0, 0.1) is 6.92 Å². The van der Waals surface area contributed by atoms with E-state index in [2.05, 4.69) is 52.1 Å². The number of aromatic nitrogens is 1. The fourth-order valence-corrected chi connectivity index (χ4v) is 2.10. The summed E-state index contributed by atoms with van der Waals surface area (Å²) in [6.45, 7) is 2.06. The number of carbonyl (C=O) groups is 1. The Morgan fingerprint density at radius 3 is 2.50 bits per heavy atom. The van der Waals surface area contributed by atoms with Gasteiger partial charge in [-0.1, -0.05) is 29.8 Å². The number of pyridine rings is 1. The van der Waals surface area contributed by atoms with E-state index in [4.69, 9.17) is 0 Å². The molecule has 0 aliphatic carbocycles. The van der Waals surface area contributed by atoms with Gasteiger partial charge in [0.1, 0.15) is 5.82 Å². The SMILES string of the molecule is Cc1ccc(CCC(=O)N(C)c2ccc(Br)cn2)cc1. The average molecular weight is 333 g/mol. The lowest BCUT2D eigenvalue weighted by molar-refractivity contribution is -0.118. The van der Waals surface area contributed by atoms with Crippen LogP contribution in [0.2, 0.25) is 0 Å². The second-order valence-electron chi connectivity index (χ2n) is 4.77. The topological polar surface area (TPSA) is 33.2 Å². The van der Waals surface area contributed by atoms with E-state index in [1.807, 2.05) is 12.1 Å². The van der Waals surface area contributed by atoms with Crippen LogP contribution in [-0.2, 0) is 11.2 Å². The summed E-state index contributed by atoms with van der Waals surface area (Å²) in [7, 11) is 1.76. The van der Waals surface area contributed by atoms with Crippen molar-refractivity contribution >= 4 is 27.7 Å². The highest BCUT2D eigenvalue weighted by atomic mass is 79.9. The van der Waals surface area contributed by atoms with Gasteiger partial charge in [0.05, 0.1) is 0 Å². The number of hydrogen-bond acceptors (Lipinski definition) is 2. The molecular formula is C16H17BrN2O. The van der Waals surface area contributed by atoms with E-state index in [1.165, 1.54) is 11.1 Å². The maximum absolute atomic E-state index is 12.1. The minimum Gasteiger partial charge on any atom is -0.300 e. The van der Waals surface area contributed by atoms with Gasteiger partial charge in [-0.15, -0.1) is 0 Å². The van der Waals surface area contributed by atoms with Crippen molar-refractivity contribution < 1.29 is 4.79 Å². The third-order valence-corrected chi connectivity index (χ3v) is 3.65. The molecule has 0 N–H and O–H groups in total. The van der Waals surface area contributed by atoms with E-state index in [-0.39, 0.29) is 5.91 Å². The summed E-state index contributed by atoms with van der Waals surface area (Å²) in [5, 5.41) is 0. The van der Waals surface area contributed by atoms with Crippen molar-refractivity contribution in [3.05, 3.63) is 58.2 Å². The van der Waals surface area contributed by atoms with E-state index in [9.17, 15) is 4.79 Å². The molecule has 0 radical (unpaired) electrons. The van der Waals surface area contributed by atoms with Crippen LogP contribution in [0.3, 0.4) is 0 Å². The summed E-state index contributed by atoms with van der Waals surface area (Å²) in [6, 6.07) is 12.0. The van der Waals surface area contributed by atoms with E-state index in [0.717, 1.165) is 10.9 Å². The van der Waals surface area contributed by atoms with Crippen molar-refractivity contribution in [3.63, 3.8) is 0 Å². The highest BCUT2D eigenvalue weighted by Gasteiger charge is 2.11. The molecule has 104 valence electrons. The van der Waals surface area contributed by atoms with Crippen LogP contribution >= 0.6 is 15.9 Å². The number of halogens is 1. The van der Waals surface area contributed by atoms with Crippen LogP contribution in [-0.4, -0.2) is 17.9 Å². The fourth-order valence-electron chi connectivity index (χ4n) is 1.87. The zero-order valence-corrected chi connectivity index (χ0v) is 13.2. The summed E-state index contributed by atoms with van der Waals surface area (Å²) in [6.07, 6.45) is 2.93. The molecule has 1 aromatic carbocycles. The van der Waals surface area contributed by atoms with Crippen LogP contribution in [0.5, 0.6) is 0 Å². The number of hydrogen-bond donors (Lipinski definition) is 0. The molecule has 0 fully saturated rings. The van der Waals surface area contributed by atoms with Gasteiger partial charge in [0.25, 0.3) is 0 Å². The standard InChI is InChI=1S/C16H17BrN2O/c1-12-3-5-13(6-4-12)7-10-16(20)19(2)15-9-8-14(17)11-18-15/h3-6,8-9,11H,7,10H2,1-2H3. The molecular weight excluding hydrogens is 316 g/mol. The van der Waals surface area contributed by atoms with Crippen LogP contribution in [0.1, 0.15) is 17.5 Å². The van der Waals surface area contributed by atoms with E-state index in [0.29, 0.717) is 12.2 Å². The minimum absolute atomic E-state index is 0.0698. The summed E-state index contributed by atoms with van der Waals surface area (Å²) >= 11 is 3.33. The van der Waals surface area contributed by atoms with Gasteiger partial charge >= 0.3 is 0 Å². The minimum atomic E-state index is 0.0698. The van der Waals surface area contributed by atoms with Gasteiger partial charge in [-0.3, -0.25) is 9.69 Å². The molecule has 0 aliphatic rings. The summed E-state index contributed by atoms with van der Waals surface area (Å²) in [5.74, 6) is 0.738. The Morgan fingerprint density at radius 2 is 1.90 bits per heavy atom. The third-order valence-electron chi connectivity index (χ3n) is 3.18. The molecule has 0 bridgehead atoms. The molecule has 1 aromatic heterocycles. The quantitative estimate of drug-likeness (QED) is 0.854. The van der Waals surface area contributed by atoms with Gasteiger partial charge in [-0.25, -0.2) is 4.98 Å². The number of nitrogens with zero attached hydrogens (tertiary/aromatic N) is 2. The molecule has 2 rings (SSSR count). The summed E-state index contributed by atoms with van der Waals surface area (Å²) < 4.78 is 0.904. The Balaban J connectivity index is 1.94. The largest absolute Gasteiger partial charge is 0.300 e. The number of carbonyl (C=O) groups excluding carboxylic acids is 1. The van der Waals surface area contributed by atoms with Crippen molar-refractivity contribution in [2.24, 2.45) is 0 Å². The van der Waals surface area contributed by atoms with Crippen molar-refractivity contribution in [2.75, 3.05) is 11.9 Å². The maximum Gasteiger partial charge on any atom is 0.228 e. The molecule has 0 atom stereocenters. The summed E-state index contributed by atoms with van der Waals surface area (Å²) in [4.78, 5) is 18.0. The molecule has 4 heteroatoms. The number of rotatable bonds is 4. The van der Waals surface area contributed by atoms with Crippen LogP contribution in [0.4, 0.5) is 5.82 Å². The number of anilines is 1. The number of amides is 1. The highest BCUT2D eigenvalue weighted by molar-refractivity contribution is 9.10. The molecule has 0 saturated heterocycles. The number of benzene rings is 1. The predicted molar refractivity (Wildman–Crippen MR) is 84.8 cm³/mol. The Labute approximate surface area is 127 Å². The van der Waals surface area contributed by atoms with E-state index >= 15 is 0 Å². The van der Waals surface area contributed by atoms with Crippen LogP contribution < -0.4 is 4.90 Å². The van der Waals surface area contributed by atoms with Crippen LogP contribution in [0.25, 0.3) is 0 Å². The molecule has 1 amide bonds. The lowest BCUT2D eigenvalue weighted by Crippen LogP contribution is -2.27. The van der Waals surface area contributed by atoms with Crippen molar-refractivity contribution in [2.45, 2.75) is 19.8 Å². The first-order valence-corrected chi connectivity index (χ1v) is 7.29. The number of aryl methyl sites for hydroxylation is 2. The molecule has 0 spiro atoms. The predicted octanol–water partition coefficient (Wildman–Crippen LogP) is 3.75. The lowest BCUT2D eigenvalue weighted by atomic mass is 10.1. The Bertz CT molecular complexity index is 578. The van der Waals surface area contributed by atoms with Gasteiger partial charge < -0.3 is 0 Å². The Morgan fingerprint density at radius 1 is 1.20 bits per heavy atom. The fraction of sp³-hybridized carbons (Fsp3) is 0.250. The van der Waals surface area contributed by atoms with E-state index < -0.39 is 0 Å². The normalized spacial score (nSPS) is 10.3. The van der Waals surface area contributed by atoms with Gasteiger partial charge in [-0.05, 0) is 47.0 Å². The third kappa shape index (κ3) is 3.90. The zero-order chi connectivity index (χ0) is 14.5. The lowest BCUT2D eigenvalue weighted by Gasteiger charge is -2.16. The van der Waals surface area contributed by atoms with Crippen molar-refractivity contribution in [1.29, 1.82) is 0 Å². The summed E-state index contributed by atoms with van der Waals surface area (Å²) in [5.41, 5.74) is 2.41. The second-order valence-corrected chi connectivity index (χ2v) is 5.69. The van der Waals surface area contributed by atoms with Crippen molar-refractivity contribution in [1.82, 2.24) is 4.98 Å². The maximum atomic E-state index is 12.1. The van der Waals surface area contributed by atoms with Gasteiger partial charge in [-0.2, -0.15) is 0 Å². The Hall–Kier alpha value is -1.68. The molecule has 0 aliphatic heterocycles. The van der Waals surface area contributed by atoms with Gasteiger partial charge in [0, 0.05) is 24.1 Å². The monoisotopic (exact) mass is 332 g/mol. The average Bonchev–Trinajstić information content (AvgIpc) is 2.46. The molecule has 3 nitrogen and oxygen atoms in total. The highest BCUT2D eigenvalue weighted by Crippen LogP contribution is 2.15. The van der Waals surface area contributed by atoms with Crippen molar-refractivity contribution in [3.8, 4) is 0 Å². The molecule has 1 heterocycles. The van der Waals surface area contributed by atoms with Gasteiger partial charge in [0.15, 0.2) is 0 Å². The molecule has 0 unspecified atom stereocenters. The first-order chi connectivity index (χ1) is 9.56. The molecule has 2 aromatic rings. The first-order valence-electron chi connectivity index (χ1n) is 6.50. The molecule has 20 heavy (non-hydrogen) atoms. The smallest absolute Gasteiger partial charge is 0.228 e. The zero-order valence-electron chi connectivity index (χ0n) is 11.6. The Kier molecular flexibility index (Phi) is 4.90. The second kappa shape index (κ2) is 6.66. The van der Waals surface area contributed by atoms with Gasteiger partial charge in [0.2, 0.25) is 5.91 Å². The van der Waals surface area contributed by atoms with Crippen LogP contribution in [0.15, 0.2) is 47.1 Å².